The number of hydrogen-bond donors (Lipinski definition) is 2. The van der Waals surface area contributed by atoms with Crippen molar-refractivity contribution in [2.45, 2.75) is 0 Å². The summed E-state index contributed by atoms with van der Waals surface area (Å²) in [5.74, 6) is -0.977. The molecule has 2 rings (SSSR count). The molecule has 10 nitrogen and oxygen atoms in total. The smallest absolute Gasteiger partial charge is 0.319 e. The molecule has 1 aromatic rings. The molecule has 0 atom stereocenters. The monoisotopic (exact) mass is 345 g/mol. The molecular weight excluding hydrogens is 330 g/mol. The number of carbonyl (C=O) groups excluding carboxylic acids is 2. The van der Waals surface area contributed by atoms with Gasteiger partial charge < -0.3 is 15.4 Å². The van der Waals surface area contributed by atoms with Crippen molar-refractivity contribution in [3.63, 3.8) is 0 Å². The standard InChI is InChI=1S/C15H15N5O5/c16-9-11(14(21)18-15(17)22)7-10-8-12(20(23)24)1-2-13(10)19-3-5-25-6-4-19/h1-2,7-8H,3-6H2,(H3,17,18,21,22)/b11-7+. The van der Waals surface area contributed by atoms with Crippen molar-refractivity contribution in [2.24, 2.45) is 5.73 Å². The van der Waals surface area contributed by atoms with Crippen LogP contribution < -0.4 is 16.0 Å². The summed E-state index contributed by atoms with van der Waals surface area (Å²) < 4.78 is 5.27. The Labute approximate surface area is 142 Å². The number of amides is 3. The molecular formula is C15H15N5O5. The van der Waals surface area contributed by atoms with Crippen molar-refractivity contribution in [3.8, 4) is 6.07 Å². The minimum atomic E-state index is -1.10. The number of urea groups is 1. The first-order chi connectivity index (χ1) is 11.9. The van der Waals surface area contributed by atoms with Crippen molar-refractivity contribution in [3.05, 3.63) is 39.4 Å². The van der Waals surface area contributed by atoms with Gasteiger partial charge in [-0.05, 0) is 12.1 Å². The Kier molecular flexibility index (Phi) is 5.65. The lowest BCUT2D eigenvalue weighted by Gasteiger charge is -2.30. The number of hydrogen-bond acceptors (Lipinski definition) is 7. The third-order valence-electron chi connectivity index (χ3n) is 3.48. The minimum Gasteiger partial charge on any atom is -0.378 e. The predicted octanol–water partition coefficient (Wildman–Crippen LogP) is 0.533. The number of nitriles is 1. The highest BCUT2D eigenvalue weighted by molar-refractivity contribution is 6.09. The summed E-state index contributed by atoms with van der Waals surface area (Å²) in [4.78, 5) is 35.0. The maximum atomic E-state index is 11.8. The lowest BCUT2D eigenvalue weighted by Crippen LogP contribution is -2.37. The fourth-order valence-electron chi connectivity index (χ4n) is 2.35. The quantitative estimate of drug-likeness (QED) is 0.349. The van der Waals surface area contributed by atoms with E-state index in [4.69, 9.17) is 15.7 Å². The molecule has 3 amide bonds. The van der Waals surface area contributed by atoms with Crippen molar-refractivity contribution in [2.75, 3.05) is 31.2 Å². The van der Waals surface area contributed by atoms with Crippen LogP contribution in [-0.2, 0) is 9.53 Å². The molecule has 1 fully saturated rings. The Bertz CT molecular complexity index is 777. The van der Waals surface area contributed by atoms with Gasteiger partial charge in [-0.3, -0.25) is 20.2 Å². The summed E-state index contributed by atoms with van der Waals surface area (Å²) >= 11 is 0. The Morgan fingerprint density at radius 3 is 2.64 bits per heavy atom. The number of carbonyl (C=O) groups is 2. The summed E-state index contributed by atoms with van der Waals surface area (Å²) in [7, 11) is 0. The van der Waals surface area contributed by atoms with E-state index in [1.165, 1.54) is 18.2 Å². The number of primary amides is 1. The summed E-state index contributed by atoms with van der Waals surface area (Å²) in [6.07, 6.45) is 1.19. The van der Waals surface area contributed by atoms with Crippen molar-refractivity contribution in [1.82, 2.24) is 5.32 Å². The Morgan fingerprint density at radius 2 is 2.08 bits per heavy atom. The van der Waals surface area contributed by atoms with E-state index < -0.39 is 22.4 Å². The molecule has 1 heterocycles. The van der Waals surface area contributed by atoms with Crippen LogP contribution in [0.4, 0.5) is 16.2 Å². The fraction of sp³-hybridized carbons (Fsp3) is 0.267. The number of nitro groups is 1. The van der Waals surface area contributed by atoms with Crippen LogP contribution in [0.1, 0.15) is 5.56 Å². The van der Waals surface area contributed by atoms with E-state index in [0.29, 0.717) is 37.6 Å². The first kappa shape index (κ1) is 17.9. The van der Waals surface area contributed by atoms with E-state index in [1.54, 1.807) is 17.5 Å². The van der Waals surface area contributed by atoms with Crippen LogP contribution in [0, 0.1) is 21.4 Å². The molecule has 0 radical (unpaired) electrons. The van der Waals surface area contributed by atoms with Crippen molar-refractivity contribution in [1.29, 1.82) is 5.26 Å². The van der Waals surface area contributed by atoms with E-state index in [9.17, 15) is 19.7 Å². The second-order valence-corrected chi connectivity index (χ2v) is 5.09. The van der Waals surface area contributed by atoms with Gasteiger partial charge in [0.2, 0.25) is 0 Å². The molecule has 1 aliphatic heterocycles. The molecule has 3 N–H and O–H groups in total. The van der Waals surface area contributed by atoms with E-state index in [1.807, 2.05) is 4.90 Å². The molecule has 0 saturated carbocycles. The SMILES string of the molecule is N#C/C(=C\c1cc([N+](=O)[O-])ccc1N1CCOCC1)C(=O)NC(N)=O. The summed E-state index contributed by atoms with van der Waals surface area (Å²) in [6.45, 7) is 2.11. The van der Waals surface area contributed by atoms with Gasteiger partial charge >= 0.3 is 6.03 Å². The van der Waals surface area contributed by atoms with Gasteiger partial charge in [0, 0.05) is 36.5 Å². The third kappa shape index (κ3) is 4.52. The van der Waals surface area contributed by atoms with Gasteiger partial charge in [0.05, 0.1) is 18.1 Å². The normalized spacial score (nSPS) is 14.5. The van der Waals surface area contributed by atoms with Gasteiger partial charge in [-0.1, -0.05) is 0 Å². The van der Waals surface area contributed by atoms with Gasteiger partial charge in [0.1, 0.15) is 11.6 Å². The first-order valence-corrected chi connectivity index (χ1v) is 7.26. The Balaban J connectivity index is 2.47. The number of morpholine rings is 1. The van der Waals surface area contributed by atoms with Gasteiger partial charge in [-0.15, -0.1) is 0 Å². The predicted molar refractivity (Wildman–Crippen MR) is 87.4 cm³/mol. The minimum absolute atomic E-state index is 0.184. The number of anilines is 1. The van der Waals surface area contributed by atoms with E-state index in [0.717, 1.165) is 0 Å². The molecule has 0 spiro atoms. The lowest BCUT2D eigenvalue weighted by atomic mass is 10.1. The summed E-state index contributed by atoms with van der Waals surface area (Å²) in [5.41, 5.74) is 5.22. The zero-order chi connectivity index (χ0) is 18.4. The van der Waals surface area contributed by atoms with E-state index >= 15 is 0 Å². The molecule has 25 heavy (non-hydrogen) atoms. The summed E-state index contributed by atoms with van der Waals surface area (Å²) in [6, 6.07) is 4.72. The van der Waals surface area contributed by atoms with E-state index in [2.05, 4.69) is 0 Å². The highest BCUT2D eigenvalue weighted by Crippen LogP contribution is 2.28. The van der Waals surface area contributed by atoms with Crippen LogP contribution in [0.3, 0.4) is 0 Å². The van der Waals surface area contributed by atoms with Crippen LogP contribution in [0.25, 0.3) is 6.08 Å². The molecule has 130 valence electrons. The van der Waals surface area contributed by atoms with Crippen LogP contribution >= 0.6 is 0 Å². The molecule has 0 aliphatic carbocycles. The maximum absolute atomic E-state index is 11.8. The molecule has 0 unspecified atom stereocenters. The van der Waals surface area contributed by atoms with Crippen LogP contribution in [0.2, 0.25) is 0 Å². The average Bonchev–Trinajstić information content (AvgIpc) is 2.59. The summed E-state index contributed by atoms with van der Waals surface area (Å²) in [5, 5.41) is 22.0. The van der Waals surface area contributed by atoms with Gasteiger partial charge in [-0.25, -0.2) is 4.79 Å². The number of benzene rings is 1. The Hall–Kier alpha value is -3.45. The highest BCUT2D eigenvalue weighted by Gasteiger charge is 2.19. The topological polar surface area (TPSA) is 152 Å². The number of nitrogens with zero attached hydrogens (tertiary/aromatic N) is 3. The third-order valence-corrected chi connectivity index (χ3v) is 3.48. The molecule has 1 saturated heterocycles. The lowest BCUT2D eigenvalue weighted by molar-refractivity contribution is -0.384. The second-order valence-electron chi connectivity index (χ2n) is 5.09. The Morgan fingerprint density at radius 1 is 1.40 bits per heavy atom. The number of imide groups is 1. The van der Waals surface area contributed by atoms with Gasteiger partial charge in [-0.2, -0.15) is 5.26 Å². The van der Waals surface area contributed by atoms with Gasteiger partial charge in [0.25, 0.3) is 11.6 Å². The first-order valence-electron chi connectivity index (χ1n) is 7.26. The van der Waals surface area contributed by atoms with Gasteiger partial charge in [0.15, 0.2) is 0 Å². The number of nitrogens with two attached hydrogens (primary N) is 1. The zero-order valence-corrected chi connectivity index (χ0v) is 13.1. The highest BCUT2D eigenvalue weighted by atomic mass is 16.6. The molecule has 0 bridgehead atoms. The number of non-ortho nitro benzene ring substituents is 1. The molecule has 1 aromatic carbocycles. The average molecular weight is 345 g/mol. The van der Waals surface area contributed by atoms with Crippen LogP contribution in [-0.4, -0.2) is 43.2 Å². The van der Waals surface area contributed by atoms with Crippen LogP contribution in [0.5, 0.6) is 0 Å². The van der Waals surface area contributed by atoms with Crippen LogP contribution in [0.15, 0.2) is 23.8 Å². The maximum Gasteiger partial charge on any atom is 0.319 e. The largest absolute Gasteiger partial charge is 0.378 e. The van der Waals surface area contributed by atoms with Crippen molar-refractivity contribution < 1.29 is 19.2 Å². The molecule has 1 aliphatic rings. The fourth-order valence-corrected chi connectivity index (χ4v) is 2.35. The molecule has 0 aromatic heterocycles. The molecule has 10 heteroatoms. The van der Waals surface area contributed by atoms with E-state index in [-0.39, 0.29) is 5.69 Å². The van der Waals surface area contributed by atoms with Crippen molar-refractivity contribution >= 4 is 29.4 Å². The number of rotatable bonds is 4. The second kappa shape index (κ2) is 7.89. The zero-order valence-electron chi connectivity index (χ0n) is 13.1. The number of nitro benzene ring substituents is 1. The number of ether oxygens (including phenoxy) is 1. The number of nitrogens with one attached hydrogen (secondary N) is 1.